The topological polar surface area (TPSA) is 0 Å². The maximum absolute atomic E-state index is 2.43. The van der Waals surface area contributed by atoms with Crippen molar-refractivity contribution in [3.05, 3.63) is 0 Å². The van der Waals surface area contributed by atoms with Gasteiger partial charge in [-0.1, -0.05) is 52.9 Å². The largest absolute Gasteiger partial charge is 0.0654 e. The minimum atomic E-state index is 1.01. The minimum Gasteiger partial charge on any atom is -0.0654 e. The summed E-state index contributed by atoms with van der Waals surface area (Å²) in [6.07, 6.45) is 8.77. The fourth-order valence-electron chi connectivity index (χ4n) is 2.39. The molecule has 0 aromatic heterocycles. The molecule has 1 saturated carbocycles. The molecule has 1 aliphatic carbocycles. The second kappa shape index (κ2) is 4.89. The first kappa shape index (κ1) is 10.1. The molecular weight excluding hydrogens is 144 g/mol. The molecule has 0 aliphatic heterocycles. The van der Waals surface area contributed by atoms with E-state index in [0.29, 0.717) is 0 Å². The first-order valence-electron chi connectivity index (χ1n) is 5.75. The molecule has 0 amide bonds. The summed E-state index contributed by atoms with van der Waals surface area (Å²) in [6, 6.07) is 0. The van der Waals surface area contributed by atoms with E-state index in [4.69, 9.17) is 0 Å². The molecular formula is C12H24. The molecule has 0 saturated heterocycles. The van der Waals surface area contributed by atoms with Crippen LogP contribution in [0, 0.1) is 17.8 Å². The number of hydrogen-bond donors (Lipinski definition) is 0. The van der Waals surface area contributed by atoms with E-state index in [1.54, 1.807) is 0 Å². The SMILES string of the molecule is CCCCCC[C@H]1C[C@@H](C)[C@@H]1C. The Hall–Kier alpha value is 0. The Kier molecular flexibility index (Phi) is 4.11. The van der Waals surface area contributed by atoms with Crippen molar-refractivity contribution in [3.8, 4) is 0 Å². The highest BCUT2D eigenvalue weighted by Gasteiger charge is 2.33. The van der Waals surface area contributed by atoms with Crippen LogP contribution in [0.4, 0.5) is 0 Å². The lowest BCUT2D eigenvalue weighted by Crippen LogP contribution is -2.32. The number of rotatable bonds is 5. The summed E-state index contributed by atoms with van der Waals surface area (Å²) in [4.78, 5) is 0. The highest BCUT2D eigenvalue weighted by molar-refractivity contribution is 4.83. The van der Waals surface area contributed by atoms with Crippen LogP contribution in [-0.2, 0) is 0 Å². The second-order valence-corrected chi connectivity index (χ2v) is 4.68. The van der Waals surface area contributed by atoms with Crippen LogP contribution < -0.4 is 0 Å². The fraction of sp³-hybridized carbons (Fsp3) is 1.00. The Morgan fingerprint density at radius 3 is 2.33 bits per heavy atom. The molecule has 0 aromatic carbocycles. The van der Waals surface area contributed by atoms with E-state index in [2.05, 4.69) is 20.8 Å². The molecule has 0 heterocycles. The molecule has 72 valence electrons. The molecule has 1 fully saturated rings. The predicted octanol–water partition coefficient (Wildman–Crippen LogP) is 4.25. The molecule has 1 rings (SSSR count). The van der Waals surface area contributed by atoms with Crippen LogP contribution in [0.3, 0.4) is 0 Å². The van der Waals surface area contributed by atoms with Gasteiger partial charge in [0.2, 0.25) is 0 Å². The van der Waals surface area contributed by atoms with Gasteiger partial charge in [-0.05, 0) is 24.2 Å². The van der Waals surface area contributed by atoms with Gasteiger partial charge in [0.15, 0.2) is 0 Å². The van der Waals surface area contributed by atoms with Crippen molar-refractivity contribution in [2.75, 3.05) is 0 Å². The van der Waals surface area contributed by atoms with Crippen molar-refractivity contribution in [1.82, 2.24) is 0 Å². The summed E-state index contributed by atoms with van der Waals surface area (Å²) in [7, 11) is 0. The molecule has 0 unspecified atom stereocenters. The van der Waals surface area contributed by atoms with Crippen molar-refractivity contribution in [2.45, 2.75) is 59.3 Å². The van der Waals surface area contributed by atoms with Gasteiger partial charge < -0.3 is 0 Å². The third-order valence-corrected chi connectivity index (χ3v) is 3.74. The first-order chi connectivity index (χ1) is 5.75. The lowest BCUT2D eigenvalue weighted by atomic mass is 9.65. The second-order valence-electron chi connectivity index (χ2n) is 4.68. The van der Waals surface area contributed by atoms with E-state index in [0.717, 1.165) is 17.8 Å². The molecule has 0 nitrogen and oxygen atoms in total. The lowest BCUT2D eigenvalue weighted by molar-refractivity contribution is 0.0924. The van der Waals surface area contributed by atoms with E-state index in [1.165, 1.54) is 38.5 Å². The minimum absolute atomic E-state index is 1.01. The maximum Gasteiger partial charge on any atom is -0.0383 e. The summed E-state index contributed by atoms with van der Waals surface area (Å²) in [5, 5.41) is 0. The summed E-state index contributed by atoms with van der Waals surface area (Å²) >= 11 is 0. The molecule has 0 heteroatoms. The first-order valence-corrected chi connectivity index (χ1v) is 5.75. The average molecular weight is 168 g/mol. The van der Waals surface area contributed by atoms with E-state index in [-0.39, 0.29) is 0 Å². The quantitative estimate of drug-likeness (QED) is 0.538. The summed E-state index contributed by atoms with van der Waals surface area (Å²) in [5.41, 5.74) is 0. The van der Waals surface area contributed by atoms with Crippen molar-refractivity contribution in [2.24, 2.45) is 17.8 Å². The zero-order valence-electron chi connectivity index (χ0n) is 8.97. The van der Waals surface area contributed by atoms with E-state index in [9.17, 15) is 0 Å². The van der Waals surface area contributed by atoms with Crippen molar-refractivity contribution in [3.63, 3.8) is 0 Å². The molecule has 0 aromatic rings. The normalized spacial score (nSPS) is 34.8. The molecule has 3 atom stereocenters. The van der Waals surface area contributed by atoms with Crippen LogP contribution in [0.25, 0.3) is 0 Å². The molecule has 0 N–H and O–H groups in total. The molecule has 0 radical (unpaired) electrons. The van der Waals surface area contributed by atoms with Gasteiger partial charge in [0.25, 0.3) is 0 Å². The maximum atomic E-state index is 2.43. The highest BCUT2D eigenvalue weighted by Crippen LogP contribution is 2.42. The smallest absolute Gasteiger partial charge is 0.0383 e. The van der Waals surface area contributed by atoms with E-state index >= 15 is 0 Å². The Bertz CT molecular complexity index is 117. The van der Waals surface area contributed by atoms with Gasteiger partial charge >= 0.3 is 0 Å². The summed E-state index contributed by atoms with van der Waals surface area (Å²) < 4.78 is 0. The number of unbranched alkanes of at least 4 members (excludes halogenated alkanes) is 3. The molecule has 0 spiro atoms. The Labute approximate surface area is 77.7 Å². The Morgan fingerprint density at radius 1 is 1.08 bits per heavy atom. The third-order valence-electron chi connectivity index (χ3n) is 3.74. The summed E-state index contributed by atoms with van der Waals surface area (Å²) in [6.45, 7) is 7.11. The zero-order chi connectivity index (χ0) is 8.97. The Balaban J connectivity index is 1.95. The van der Waals surface area contributed by atoms with Crippen molar-refractivity contribution in [1.29, 1.82) is 0 Å². The molecule has 0 bridgehead atoms. The number of hydrogen-bond acceptors (Lipinski definition) is 0. The van der Waals surface area contributed by atoms with Crippen LogP contribution in [0.1, 0.15) is 59.3 Å². The summed E-state index contributed by atoms with van der Waals surface area (Å²) in [5.74, 6) is 3.12. The van der Waals surface area contributed by atoms with Crippen molar-refractivity contribution >= 4 is 0 Å². The highest BCUT2D eigenvalue weighted by atomic mass is 14.4. The van der Waals surface area contributed by atoms with Gasteiger partial charge in [0, 0.05) is 0 Å². The van der Waals surface area contributed by atoms with Gasteiger partial charge in [0.1, 0.15) is 0 Å². The van der Waals surface area contributed by atoms with E-state index in [1.807, 2.05) is 0 Å². The van der Waals surface area contributed by atoms with Gasteiger partial charge in [-0.25, -0.2) is 0 Å². The molecule has 12 heavy (non-hydrogen) atoms. The monoisotopic (exact) mass is 168 g/mol. The van der Waals surface area contributed by atoms with Crippen LogP contribution in [0.5, 0.6) is 0 Å². The van der Waals surface area contributed by atoms with Crippen LogP contribution in [0.2, 0.25) is 0 Å². The standard InChI is InChI=1S/C12H24/c1-4-5-6-7-8-12-9-10(2)11(12)3/h10-12H,4-9H2,1-3H3/t10-,11+,12+/m1/s1. The van der Waals surface area contributed by atoms with Crippen LogP contribution in [-0.4, -0.2) is 0 Å². The lowest BCUT2D eigenvalue weighted by Gasteiger charge is -2.41. The average Bonchev–Trinajstić information content (AvgIpc) is 2.10. The third kappa shape index (κ3) is 2.50. The van der Waals surface area contributed by atoms with Crippen LogP contribution >= 0.6 is 0 Å². The van der Waals surface area contributed by atoms with Gasteiger partial charge in [0.05, 0.1) is 0 Å². The molecule has 1 aliphatic rings. The van der Waals surface area contributed by atoms with Crippen LogP contribution in [0.15, 0.2) is 0 Å². The van der Waals surface area contributed by atoms with Gasteiger partial charge in [-0.15, -0.1) is 0 Å². The predicted molar refractivity (Wildman–Crippen MR) is 55.2 cm³/mol. The van der Waals surface area contributed by atoms with Gasteiger partial charge in [-0.3, -0.25) is 0 Å². The fourth-order valence-corrected chi connectivity index (χ4v) is 2.39. The van der Waals surface area contributed by atoms with Crippen molar-refractivity contribution < 1.29 is 0 Å². The zero-order valence-corrected chi connectivity index (χ0v) is 8.97. The Morgan fingerprint density at radius 2 is 1.83 bits per heavy atom. The van der Waals surface area contributed by atoms with Gasteiger partial charge in [-0.2, -0.15) is 0 Å². The van der Waals surface area contributed by atoms with E-state index < -0.39 is 0 Å².